The van der Waals surface area contributed by atoms with E-state index in [2.05, 4.69) is 17.6 Å². The van der Waals surface area contributed by atoms with Gasteiger partial charge in [-0.2, -0.15) is 0 Å². The molecule has 0 saturated carbocycles. The Labute approximate surface area is 120 Å². The van der Waals surface area contributed by atoms with Crippen molar-refractivity contribution >= 4 is 11.6 Å². The van der Waals surface area contributed by atoms with Crippen LogP contribution in [-0.4, -0.2) is 24.1 Å². The molecular formula is C16H24N2O2. The summed E-state index contributed by atoms with van der Waals surface area (Å²) in [5.41, 5.74) is 0.318. The van der Waals surface area contributed by atoms with Crippen LogP contribution in [0.15, 0.2) is 24.3 Å². The van der Waals surface area contributed by atoms with E-state index in [0.717, 1.165) is 37.2 Å². The fourth-order valence-corrected chi connectivity index (χ4v) is 2.63. The highest BCUT2D eigenvalue weighted by Gasteiger charge is 2.39. The molecule has 1 atom stereocenters. The maximum Gasteiger partial charge on any atom is 0.244 e. The van der Waals surface area contributed by atoms with Gasteiger partial charge in [0.25, 0.3) is 0 Å². The molecule has 0 spiro atoms. The van der Waals surface area contributed by atoms with Gasteiger partial charge in [-0.05, 0) is 51.8 Å². The molecule has 2 rings (SSSR count). The van der Waals surface area contributed by atoms with Gasteiger partial charge in [-0.15, -0.1) is 0 Å². The highest BCUT2D eigenvalue weighted by atomic mass is 16.5. The van der Waals surface area contributed by atoms with Crippen LogP contribution in [-0.2, 0) is 4.79 Å². The minimum absolute atomic E-state index is 0.0392. The molecule has 1 heterocycles. The number of carbonyl (C=O) groups is 1. The summed E-state index contributed by atoms with van der Waals surface area (Å²) in [6, 6.07) is 7.59. The predicted octanol–water partition coefficient (Wildman–Crippen LogP) is 2.94. The third-order valence-electron chi connectivity index (χ3n) is 3.78. The number of hydrogen-bond acceptors (Lipinski definition) is 3. The highest BCUT2D eigenvalue weighted by Crippen LogP contribution is 2.29. The second-order valence-electron chi connectivity index (χ2n) is 5.58. The topological polar surface area (TPSA) is 50.4 Å². The zero-order valence-electron chi connectivity index (χ0n) is 12.5. The van der Waals surface area contributed by atoms with Gasteiger partial charge >= 0.3 is 0 Å². The summed E-state index contributed by atoms with van der Waals surface area (Å²) >= 11 is 0. The molecule has 1 fully saturated rings. The van der Waals surface area contributed by atoms with Gasteiger partial charge < -0.3 is 15.4 Å². The lowest BCUT2D eigenvalue weighted by Gasteiger charge is -2.27. The molecule has 4 nitrogen and oxygen atoms in total. The van der Waals surface area contributed by atoms with Crippen molar-refractivity contribution in [2.24, 2.45) is 0 Å². The molecule has 1 aliphatic heterocycles. The van der Waals surface area contributed by atoms with Gasteiger partial charge in [0.15, 0.2) is 0 Å². The first kappa shape index (κ1) is 14.9. The SMILES string of the molecule is CCC1(C(=O)Nc2ccccc2OC(C)C)CCCN1. The van der Waals surface area contributed by atoms with Crippen LogP contribution in [0.4, 0.5) is 5.69 Å². The van der Waals surface area contributed by atoms with Crippen LogP contribution in [0, 0.1) is 0 Å². The van der Waals surface area contributed by atoms with E-state index in [0.29, 0.717) is 0 Å². The zero-order chi connectivity index (χ0) is 14.6. The summed E-state index contributed by atoms with van der Waals surface area (Å²) in [6.45, 7) is 6.91. The van der Waals surface area contributed by atoms with Crippen molar-refractivity contribution in [1.29, 1.82) is 0 Å². The third kappa shape index (κ3) is 3.12. The van der Waals surface area contributed by atoms with E-state index in [1.54, 1.807) is 0 Å². The molecule has 0 radical (unpaired) electrons. The minimum Gasteiger partial charge on any atom is -0.489 e. The molecule has 1 aromatic carbocycles. The second kappa shape index (κ2) is 6.27. The number of nitrogens with one attached hydrogen (secondary N) is 2. The van der Waals surface area contributed by atoms with E-state index in [-0.39, 0.29) is 12.0 Å². The Kier molecular flexibility index (Phi) is 4.65. The van der Waals surface area contributed by atoms with Gasteiger partial charge in [0.2, 0.25) is 5.91 Å². The quantitative estimate of drug-likeness (QED) is 0.869. The lowest BCUT2D eigenvalue weighted by atomic mass is 9.93. The van der Waals surface area contributed by atoms with Crippen molar-refractivity contribution in [1.82, 2.24) is 5.32 Å². The predicted molar refractivity (Wildman–Crippen MR) is 81.1 cm³/mol. The summed E-state index contributed by atoms with van der Waals surface area (Å²) in [5.74, 6) is 0.761. The molecule has 1 aromatic rings. The van der Waals surface area contributed by atoms with Gasteiger partial charge in [0, 0.05) is 0 Å². The number of amides is 1. The average molecular weight is 276 g/mol. The third-order valence-corrected chi connectivity index (χ3v) is 3.78. The van der Waals surface area contributed by atoms with Crippen molar-refractivity contribution in [2.75, 3.05) is 11.9 Å². The molecule has 0 aromatic heterocycles. The fraction of sp³-hybridized carbons (Fsp3) is 0.562. The summed E-state index contributed by atoms with van der Waals surface area (Å²) < 4.78 is 5.74. The Bertz CT molecular complexity index is 465. The Hall–Kier alpha value is -1.55. The normalized spacial score (nSPS) is 22.0. The number of ether oxygens (including phenoxy) is 1. The number of benzene rings is 1. The Morgan fingerprint density at radius 2 is 2.20 bits per heavy atom. The van der Waals surface area contributed by atoms with Crippen LogP contribution in [0.25, 0.3) is 0 Å². The highest BCUT2D eigenvalue weighted by molar-refractivity contribution is 5.99. The molecule has 1 amide bonds. The Balaban J connectivity index is 2.15. The molecule has 2 N–H and O–H groups in total. The lowest BCUT2D eigenvalue weighted by molar-refractivity contribution is -0.122. The molecule has 110 valence electrons. The van der Waals surface area contributed by atoms with Gasteiger partial charge in [0.05, 0.1) is 17.3 Å². The Morgan fingerprint density at radius 1 is 1.45 bits per heavy atom. The number of rotatable bonds is 5. The number of anilines is 1. The van der Waals surface area contributed by atoms with Crippen LogP contribution in [0.1, 0.15) is 40.0 Å². The first-order valence-electron chi connectivity index (χ1n) is 7.39. The smallest absolute Gasteiger partial charge is 0.244 e. The van der Waals surface area contributed by atoms with Crippen LogP contribution < -0.4 is 15.4 Å². The van der Waals surface area contributed by atoms with Gasteiger partial charge in [-0.25, -0.2) is 0 Å². The number of hydrogen-bond donors (Lipinski definition) is 2. The van der Waals surface area contributed by atoms with Crippen LogP contribution >= 0.6 is 0 Å². The molecule has 4 heteroatoms. The van der Waals surface area contributed by atoms with Crippen molar-refractivity contribution in [3.8, 4) is 5.75 Å². The van der Waals surface area contributed by atoms with Crippen LogP contribution in [0.2, 0.25) is 0 Å². The Morgan fingerprint density at radius 3 is 2.80 bits per heavy atom. The average Bonchev–Trinajstić information content (AvgIpc) is 2.90. The minimum atomic E-state index is -0.426. The fourth-order valence-electron chi connectivity index (χ4n) is 2.63. The lowest BCUT2D eigenvalue weighted by Crippen LogP contribution is -2.50. The molecule has 1 unspecified atom stereocenters. The van der Waals surface area contributed by atoms with Crippen LogP contribution in [0.5, 0.6) is 5.75 Å². The van der Waals surface area contributed by atoms with E-state index in [4.69, 9.17) is 4.74 Å². The second-order valence-corrected chi connectivity index (χ2v) is 5.58. The van der Waals surface area contributed by atoms with E-state index >= 15 is 0 Å². The maximum atomic E-state index is 12.6. The maximum absolute atomic E-state index is 12.6. The van der Waals surface area contributed by atoms with E-state index < -0.39 is 5.54 Å². The summed E-state index contributed by atoms with van der Waals surface area (Å²) in [6.07, 6.45) is 2.82. The van der Waals surface area contributed by atoms with E-state index in [1.165, 1.54) is 0 Å². The van der Waals surface area contributed by atoms with Crippen molar-refractivity contribution < 1.29 is 9.53 Å². The molecular weight excluding hydrogens is 252 g/mol. The van der Waals surface area contributed by atoms with Crippen molar-refractivity contribution in [2.45, 2.75) is 51.7 Å². The van der Waals surface area contributed by atoms with E-state index in [1.807, 2.05) is 38.1 Å². The summed E-state index contributed by atoms with van der Waals surface area (Å²) in [7, 11) is 0. The first-order chi connectivity index (χ1) is 9.57. The molecule has 1 aliphatic rings. The standard InChI is InChI=1S/C16H24N2O2/c1-4-16(10-7-11-17-16)15(19)18-13-8-5-6-9-14(13)20-12(2)3/h5-6,8-9,12,17H,4,7,10-11H2,1-3H3,(H,18,19). The van der Waals surface area contributed by atoms with Crippen molar-refractivity contribution in [3.63, 3.8) is 0 Å². The monoisotopic (exact) mass is 276 g/mol. The first-order valence-corrected chi connectivity index (χ1v) is 7.39. The summed E-state index contributed by atoms with van der Waals surface area (Å²) in [5, 5.41) is 6.37. The van der Waals surface area contributed by atoms with Gasteiger partial charge in [0.1, 0.15) is 5.75 Å². The molecule has 0 aliphatic carbocycles. The zero-order valence-corrected chi connectivity index (χ0v) is 12.5. The molecule has 0 bridgehead atoms. The van der Waals surface area contributed by atoms with Crippen LogP contribution in [0.3, 0.4) is 0 Å². The number of para-hydroxylation sites is 2. The molecule has 20 heavy (non-hydrogen) atoms. The largest absolute Gasteiger partial charge is 0.489 e. The summed E-state index contributed by atoms with van der Waals surface area (Å²) in [4.78, 5) is 12.6. The van der Waals surface area contributed by atoms with E-state index in [9.17, 15) is 4.79 Å². The van der Waals surface area contributed by atoms with Crippen molar-refractivity contribution in [3.05, 3.63) is 24.3 Å². The van der Waals surface area contributed by atoms with Gasteiger partial charge in [-0.1, -0.05) is 19.1 Å². The molecule has 1 saturated heterocycles. The number of carbonyl (C=O) groups excluding carboxylic acids is 1. The van der Waals surface area contributed by atoms with Gasteiger partial charge in [-0.3, -0.25) is 4.79 Å².